The second-order valence-corrected chi connectivity index (χ2v) is 6.28. The molecule has 1 heterocycles. The van der Waals surface area contributed by atoms with Crippen LogP contribution in [0.1, 0.15) is 5.56 Å². The number of hydrogen-bond acceptors (Lipinski definition) is 3. The number of nitrogens with one attached hydrogen (secondary N) is 2. The number of aromatic amines is 1. The Morgan fingerprint density at radius 3 is 2.52 bits per heavy atom. The highest BCUT2D eigenvalue weighted by Gasteiger charge is 2.07. The number of fused-ring (bicyclic) bond motifs is 1. The Morgan fingerprint density at radius 2 is 1.74 bits per heavy atom. The average molecular weight is 357 g/mol. The number of ether oxygens (including phenoxy) is 1. The number of aryl methyl sites for hydroxylation is 1. The number of aromatic nitrogens is 2. The number of carbonyl (C=O) groups is 1. The van der Waals surface area contributed by atoms with Crippen molar-refractivity contribution in [3.05, 3.63) is 78.4 Å². The van der Waals surface area contributed by atoms with Crippen molar-refractivity contribution in [3.63, 3.8) is 0 Å². The summed E-state index contributed by atoms with van der Waals surface area (Å²) < 4.78 is 5.57. The Bertz CT molecular complexity index is 1050. The molecule has 3 aromatic carbocycles. The molecule has 27 heavy (non-hydrogen) atoms. The molecule has 1 amide bonds. The molecule has 0 aliphatic carbocycles. The number of rotatable bonds is 5. The summed E-state index contributed by atoms with van der Waals surface area (Å²) >= 11 is 0. The minimum absolute atomic E-state index is 0.0316. The highest BCUT2D eigenvalue weighted by Crippen LogP contribution is 2.22. The topological polar surface area (TPSA) is 67.0 Å². The van der Waals surface area contributed by atoms with E-state index in [4.69, 9.17) is 4.74 Å². The van der Waals surface area contributed by atoms with E-state index < -0.39 is 0 Å². The average Bonchev–Trinajstić information content (AvgIpc) is 3.12. The SMILES string of the molecule is Cc1ccccc1OCC(=O)Nc1ccc(-c2nc3ccccc3[nH]2)cc1. The van der Waals surface area contributed by atoms with Crippen molar-refractivity contribution >= 4 is 22.6 Å². The third kappa shape index (κ3) is 3.82. The van der Waals surface area contributed by atoms with E-state index in [1.165, 1.54) is 0 Å². The maximum absolute atomic E-state index is 12.1. The van der Waals surface area contributed by atoms with E-state index in [0.29, 0.717) is 11.4 Å². The van der Waals surface area contributed by atoms with Crippen LogP contribution in [0.15, 0.2) is 72.8 Å². The number of H-pyrrole nitrogens is 1. The van der Waals surface area contributed by atoms with E-state index in [1.54, 1.807) is 0 Å². The summed E-state index contributed by atoms with van der Waals surface area (Å²) in [6.45, 7) is 1.92. The van der Waals surface area contributed by atoms with Crippen LogP contribution in [0.2, 0.25) is 0 Å². The van der Waals surface area contributed by atoms with Crippen LogP contribution in [0, 0.1) is 6.92 Å². The molecule has 4 rings (SSSR count). The summed E-state index contributed by atoms with van der Waals surface area (Å²) in [7, 11) is 0. The van der Waals surface area contributed by atoms with E-state index in [0.717, 1.165) is 28.0 Å². The highest BCUT2D eigenvalue weighted by atomic mass is 16.5. The highest BCUT2D eigenvalue weighted by molar-refractivity contribution is 5.92. The Hall–Kier alpha value is -3.60. The molecule has 0 aliphatic heterocycles. The lowest BCUT2D eigenvalue weighted by Gasteiger charge is -2.09. The van der Waals surface area contributed by atoms with Crippen molar-refractivity contribution in [2.45, 2.75) is 6.92 Å². The van der Waals surface area contributed by atoms with E-state index in [9.17, 15) is 4.79 Å². The van der Waals surface area contributed by atoms with Gasteiger partial charge in [-0.2, -0.15) is 0 Å². The molecule has 0 bridgehead atoms. The van der Waals surface area contributed by atoms with Crippen LogP contribution < -0.4 is 10.1 Å². The second kappa shape index (κ2) is 7.33. The molecule has 0 spiro atoms. The largest absolute Gasteiger partial charge is 0.483 e. The zero-order valence-corrected chi connectivity index (χ0v) is 14.9. The van der Waals surface area contributed by atoms with Crippen LogP contribution in [-0.2, 0) is 4.79 Å². The fourth-order valence-corrected chi connectivity index (χ4v) is 2.86. The monoisotopic (exact) mass is 357 g/mol. The first-order valence-corrected chi connectivity index (χ1v) is 8.72. The minimum Gasteiger partial charge on any atom is -0.483 e. The fourth-order valence-electron chi connectivity index (χ4n) is 2.86. The van der Waals surface area contributed by atoms with Crippen LogP contribution in [0.5, 0.6) is 5.75 Å². The first kappa shape index (κ1) is 16.8. The van der Waals surface area contributed by atoms with E-state index in [-0.39, 0.29) is 12.5 Å². The van der Waals surface area contributed by atoms with Crippen molar-refractivity contribution < 1.29 is 9.53 Å². The summed E-state index contributed by atoms with van der Waals surface area (Å²) in [4.78, 5) is 20.0. The van der Waals surface area contributed by atoms with Gasteiger partial charge in [-0.05, 0) is 55.0 Å². The molecule has 134 valence electrons. The standard InChI is InChI=1S/C22H19N3O2/c1-15-6-2-5-9-20(15)27-14-21(26)23-17-12-10-16(11-13-17)22-24-18-7-3-4-8-19(18)25-22/h2-13H,14H2,1H3,(H,23,26)(H,24,25). The van der Waals surface area contributed by atoms with Crippen molar-refractivity contribution in [1.29, 1.82) is 0 Å². The molecule has 4 aromatic rings. The van der Waals surface area contributed by atoms with Gasteiger partial charge in [0.25, 0.3) is 5.91 Å². The van der Waals surface area contributed by atoms with Gasteiger partial charge in [-0.15, -0.1) is 0 Å². The summed E-state index contributed by atoms with van der Waals surface area (Å²) in [5.41, 5.74) is 4.60. The van der Waals surface area contributed by atoms with Gasteiger partial charge in [-0.1, -0.05) is 30.3 Å². The zero-order chi connectivity index (χ0) is 18.6. The molecule has 0 aliphatic rings. The number of imidazole rings is 1. The smallest absolute Gasteiger partial charge is 0.262 e. The van der Waals surface area contributed by atoms with Gasteiger partial charge in [0, 0.05) is 11.3 Å². The third-order valence-electron chi connectivity index (χ3n) is 4.28. The summed E-state index contributed by atoms with van der Waals surface area (Å²) in [5.74, 6) is 1.32. The maximum atomic E-state index is 12.1. The predicted molar refractivity (Wildman–Crippen MR) is 107 cm³/mol. The molecule has 0 saturated carbocycles. The normalized spacial score (nSPS) is 10.7. The van der Waals surface area contributed by atoms with Gasteiger partial charge >= 0.3 is 0 Å². The van der Waals surface area contributed by atoms with Crippen LogP contribution >= 0.6 is 0 Å². The molecule has 5 nitrogen and oxygen atoms in total. The third-order valence-corrected chi connectivity index (χ3v) is 4.28. The number of para-hydroxylation sites is 3. The van der Waals surface area contributed by atoms with Crippen molar-refractivity contribution in [3.8, 4) is 17.1 Å². The van der Waals surface area contributed by atoms with Crippen molar-refractivity contribution in [2.24, 2.45) is 0 Å². The Balaban J connectivity index is 1.40. The van der Waals surface area contributed by atoms with Crippen LogP contribution in [0.3, 0.4) is 0 Å². The lowest BCUT2D eigenvalue weighted by Crippen LogP contribution is -2.20. The number of hydrogen-bond donors (Lipinski definition) is 2. The molecule has 1 aromatic heterocycles. The molecule has 2 N–H and O–H groups in total. The van der Waals surface area contributed by atoms with Crippen LogP contribution in [0.25, 0.3) is 22.4 Å². The minimum atomic E-state index is -0.199. The fraction of sp³-hybridized carbons (Fsp3) is 0.0909. The zero-order valence-electron chi connectivity index (χ0n) is 14.9. The first-order valence-electron chi connectivity index (χ1n) is 8.72. The maximum Gasteiger partial charge on any atom is 0.262 e. The molecule has 0 radical (unpaired) electrons. The number of carbonyl (C=O) groups excluding carboxylic acids is 1. The number of nitrogens with zero attached hydrogens (tertiary/aromatic N) is 1. The molecule has 0 unspecified atom stereocenters. The first-order chi connectivity index (χ1) is 13.2. The van der Waals surface area contributed by atoms with E-state index in [1.807, 2.05) is 79.7 Å². The Labute approximate surface area is 157 Å². The second-order valence-electron chi connectivity index (χ2n) is 6.28. The van der Waals surface area contributed by atoms with Crippen LogP contribution in [-0.4, -0.2) is 22.5 Å². The lowest BCUT2D eigenvalue weighted by atomic mass is 10.2. The quantitative estimate of drug-likeness (QED) is 0.550. The summed E-state index contributed by atoms with van der Waals surface area (Å²) in [5, 5.41) is 2.84. The molecule has 5 heteroatoms. The molecular weight excluding hydrogens is 338 g/mol. The van der Waals surface area contributed by atoms with Gasteiger partial charge in [0.2, 0.25) is 0 Å². The van der Waals surface area contributed by atoms with Gasteiger partial charge in [-0.3, -0.25) is 4.79 Å². The van der Waals surface area contributed by atoms with Gasteiger partial charge in [-0.25, -0.2) is 4.98 Å². The predicted octanol–water partition coefficient (Wildman–Crippen LogP) is 4.56. The van der Waals surface area contributed by atoms with Crippen LogP contribution in [0.4, 0.5) is 5.69 Å². The van der Waals surface area contributed by atoms with Crippen molar-refractivity contribution in [1.82, 2.24) is 9.97 Å². The summed E-state index contributed by atoms with van der Waals surface area (Å²) in [6, 6.07) is 23.1. The summed E-state index contributed by atoms with van der Waals surface area (Å²) in [6.07, 6.45) is 0. The Kier molecular flexibility index (Phi) is 4.58. The van der Waals surface area contributed by atoms with E-state index in [2.05, 4.69) is 15.3 Å². The molecular formula is C22H19N3O2. The van der Waals surface area contributed by atoms with Crippen molar-refractivity contribution in [2.75, 3.05) is 11.9 Å². The van der Waals surface area contributed by atoms with Gasteiger partial charge in [0.15, 0.2) is 6.61 Å². The van der Waals surface area contributed by atoms with Gasteiger partial charge in [0.05, 0.1) is 11.0 Å². The van der Waals surface area contributed by atoms with Gasteiger partial charge in [0.1, 0.15) is 11.6 Å². The lowest BCUT2D eigenvalue weighted by molar-refractivity contribution is -0.118. The molecule has 0 atom stereocenters. The molecule has 0 saturated heterocycles. The number of anilines is 1. The van der Waals surface area contributed by atoms with E-state index >= 15 is 0 Å². The molecule has 0 fully saturated rings. The van der Waals surface area contributed by atoms with Gasteiger partial charge < -0.3 is 15.0 Å². The number of amides is 1. The number of benzene rings is 3. The Morgan fingerprint density at radius 1 is 1.00 bits per heavy atom.